The van der Waals surface area contributed by atoms with Gasteiger partial charge >= 0.3 is 0 Å². The second-order valence-corrected chi connectivity index (χ2v) is 32.0. The summed E-state index contributed by atoms with van der Waals surface area (Å²) in [7, 11) is 0. The summed E-state index contributed by atoms with van der Waals surface area (Å²) in [4.78, 5) is 29.6. The van der Waals surface area contributed by atoms with Gasteiger partial charge in [0.25, 0.3) is 0 Å². The van der Waals surface area contributed by atoms with Crippen LogP contribution < -0.4 is 0 Å². The number of furan rings is 4. The number of aromatic nitrogens is 8. The molecule has 0 saturated heterocycles. The summed E-state index contributed by atoms with van der Waals surface area (Å²) < 4.78 is 30.1. The summed E-state index contributed by atoms with van der Waals surface area (Å²) >= 11 is 0. The lowest BCUT2D eigenvalue weighted by atomic mass is 10.0. The quantitative estimate of drug-likeness (QED) is 0.116. The van der Waals surface area contributed by atoms with Gasteiger partial charge in [-0.3, -0.25) is 0 Å². The first kappa shape index (κ1) is 71.7. The van der Waals surface area contributed by atoms with E-state index in [1.165, 1.54) is 21.5 Å². The molecule has 0 radical (unpaired) electrons. The van der Waals surface area contributed by atoms with Gasteiger partial charge in [0.2, 0.25) is 0 Å². The molecule has 26 aromatic rings. The van der Waals surface area contributed by atoms with Crippen molar-refractivity contribution < 1.29 is 17.7 Å². The molecule has 588 valence electrons. The fraction of sp³-hybridized carbons (Fsp3) is 0. The number of para-hydroxylation sites is 4. The van der Waals surface area contributed by atoms with Crippen LogP contribution in [0.3, 0.4) is 0 Å². The van der Waals surface area contributed by atoms with E-state index in [2.05, 4.69) is 264 Å². The van der Waals surface area contributed by atoms with Gasteiger partial charge in [0.15, 0.2) is 34.9 Å². The van der Waals surface area contributed by atoms with Crippen LogP contribution in [0.2, 0.25) is 0 Å². The highest BCUT2D eigenvalue weighted by atomic mass is 16.3. The first-order valence-corrected chi connectivity index (χ1v) is 42.2. The maximum atomic E-state index is 6.41. The predicted molar refractivity (Wildman–Crippen MR) is 512 cm³/mol. The lowest BCUT2D eigenvalue weighted by Crippen LogP contribution is -2.00. The first-order valence-electron chi connectivity index (χ1n) is 42.2. The molecule has 0 aliphatic carbocycles. The fourth-order valence-corrected chi connectivity index (χ4v) is 18.4. The predicted octanol–water partition coefficient (Wildman–Crippen LogP) is 30.2. The average molecular weight is 1610 g/mol. The molecule has 0 unspecified atom stereocenters. The number of nitrogens with zero attached hydrogens (tertiary/aromatic N) is 8. The van der Waals surface area contributed by atoms with Gasteiger partial charge in [0.05, 0.1) is 22.1 Å². The molecule has 12 heteroatoms. The Hall–Kier alpha value is -17.2. The highest BCUT2D eigenvalue weighted by Gasteiger charge is 2.23. The summed E-state index contributed by atoms with van der Waals surface area (Å²) in [5, 5.41) is 13.3. The second-order valence-electron chi connectivity index (χ2n) is 32.0. The molecule has 0 N–H and O–H groups in total. The van der Waals surface area contributed by atoms with Gasteiger partial charge < -0.3 is 26.8 Å². The molecular weight excluding hydrogens is 1550 g/mol. The Kier molecular flexibility index (Phi) is 16.7. The molecule has 0 atom stereocenters. The Morgan fingerprint density at radius 1 is 0.135 bits per heavy atom. The third-order valence-corrected chi connectivity index (χ3v) is 24.5. The molecule has 0 aliphatic rings. The Morgan fingerprint density at radius 3 is 0.825 bits per heavy atom. The van der Waals surface area contributed by atoms with E-state index >= 15 is 0 Å². The van der Waals surface area contributed by atoms with E-state index in [9.17, 15) is 0 Å². The monoisotopic (exact) mass is 1610 g/mol. The highest BCUT2D eigenvalue weighted by Crippen LogP contribution is 2.45. The van der Waals surface area contributed by atoms with Crippen LogP contribution in [0, 0.1) is 0 Å². The van der Waals surface area contributed by atoms with Gasteiger partial charge in [-0.1, -0.05) is 285 Å². The normalized spacial score (nSPS) is 11.8. The van der Waals surface area contributed by atoms with E-state index in [1.54, 1.807) is 0 Å². The third kappa shape index (κ3) is 12.4. The Balaban J connectivity index is 0.000000137. The number of rotatable bonds is 12. The van der Waals surface area contributed by atoms with Gasteiger partial charge in [-0.2, -0.15) is 0 Å². The van der Waals surface area contributed by atoms with E-state index in [0.29, 0.717) is 34.9 Å². The minimum absolute atomic E-state index is 0.627. The first-order chi connectivity index (χ1) is 62.4. The van der Waals surface area contributed by atoms with Crippen molar-refractivity contribution in [3.63, 3.8) is 0 Å². The topological polar surface area (TPSA) is 140 Å². The van der Waals surface area contributed by atoms with E-state index in [0.717, 1.165) is 199 Å². The number of fused-ring (bicyclic) bond motifs is 18. The van der Waals surface area contributed by atoms with Crippen molar-refractivity contribution >= 4 is 131 Å². The van der Waals surface area contributed by atoms with Crippen molar-refractivity contribution in [3.8, 4) is 124 Å². The molecule has 0 spiro atoms. The van der Waals surface area contributed by atoms with Gasteiger partial charge in [-0.25, -0.2) is 29.9 Å². The standard InChI is InChI=1S/2C57H34N4O2/c1-3-13-35(14-4-1)55-58-56(36-15-5-2-6-16-36)60-57(59-55)41-19-11-17-37(29-41)38-18-12-20-42(30-38)61-49-23-9-7-21-43(49)45-31-39(25-27-50(45)61)40-26-28-52-46(32-40)48-34-53-47(33-54(48)63-52)44-22-8-10-24-51(44)62-53;1-3-11-37(12-4-1)55-58-56(38-13-5-2-6-14-38)60-57(59-55)39-21-19-35(20-22-39)36-23-27-42(28-24-36)61-49-17-9-7-15-43(49)45-31-40(25-29-50(45)61)41-26-30-52-46(32-41)48-34-53-47(33-54(48)63-52)44-16-8-10-18-51(44)62-53/h2*1-34H. The van der Waals surface area contributed by atoms with Crippen molar-refractivity contribution in [2.24, 2.45) is 0 Å². The number of hydrogen-bond donors (Lipinski definition) is 0. The van der Waals surface area contributed by atoms with Crippen molar-refractivity contribution in [1.82, 2.24) is 39.0 Å². The van der Waals surface area contributed by atoms with Crippen molar-refractivity contribution in [3.05, 3.63) is 413 Å². The molecule has 12 nitrogen and oxygen atoms in total. The zero-order valence-corrected chi connectivity index (χ0v) is 67.5. The van der Waals surface area contributed by atoms with Crippen molar-refractivity contribution in [2.45, 2.75) is 0 Å². The maximum Gasteiger partial charge on any atom is 0.164 e. The summed E-state index contributed by atoms with van der Waals surface area (Å²) in [6, 6.07) is 144. The summed E-state index contributed by atoms with van der Waals surface area (Å²) in [6.07, 6.45) is 0. The molecule has 0 aliphatic heterocycles. The molecule has 126 heavy (non-hydrogen) atoms. The summed E-state index contributed by atoms with van der Waals surface area (Å²) in [6.45, 7) is 0. The summed E-state index contributed by atoms with van der Waals surface area (Å²) in [5.41, 5.74) is 28.3. The molecular formula is C114H68N8O4. The number of hydrogen-bond acceptors (Lipinski definition) is 10. The van der Waals surface area contributed by atoms with Crippen LogP contribution in [0.5, 0.6) is 0 Å². The van der Waals surface area contributed by atoms with Crippen LogP contribution in [-0.4, -0.2) is 39.0 Å². The van der Waals surface area contributed by atoms with Crippen LogP contribution in [-0.2, 0) is 0 Å². The lowest BCUT2D eigenvalue weighted by Gasteiger charge is -2.12. The zero-order chi connectivity index (χ0) is 82.9. The van der Waals surface area contributed by atoms with E-state index in [-0.39, 0.29) is 0 Å². The highest BCUT2D eigenvalue weighted by molar-refractivity contribution is 6.18. The van der Waals surface area contributed by atoms with Crippen LogP contribution in [0.25, 0.3) is 256 Å². The number of benzene rings is 18. The molecule has 0 bridgehead atoms. The molecule has 8 aromatic heterocycles. The van der Waals surface area contributed by atoms with Crippen LogP contribution >= 0.6 is 0 Å². The molecule has 18 aromatic carbocycles. The zero-order valence-electron chi connectivity index (χ0n) is 67.5. The second kappa shape index (κ2) is 29.3. The van der Waals surface area contributed by atoms with E-state index in [4.69, 9.17) is 47.6 Å². The maximum absolute atomic E-state index is 6.41. The molecule has 0 fully saturated rings. The van der Waals surface area contributed by atoms with Gasteiger partial charge in [0, 0.05) is 109 Å². The smallest absolute Gasteiger partial charge is 0.164 e. The molecule has 0 amide bonds. The average Bonchev–Trinajstić information content (AvgIpc) is 1.59. The van der Waals surface area contributed by atoms with E-state index < -0.39 is 0 Å². The van der Waals surface area contributed by atoms with E-state index in [1.807, 2.05) is 158 Å². The van der Waals surface area contributed by atoms with Crippen LogP contribution in [0.1, 0.15) is 0 Å². The third-order valence-electron chi connectivity index (χ3n) is 24.5. The minimum Gasteiger partial charge on any atom is -0.456 e. The largest absolute Gasteiger partial charge is 0.456 e. The fourth-order valence-electron chi connectivity index (χ4n) is 18.4. The van der Waals surface area contributed by atoms with Crippen molar-refractivity contribution in [2.75, 3.05) is 0 Å². The molecule has 8 heterocycles. The Labute approximate surface area is 720 Å². The Morgan fingerprint density at radius 2 is 0.397 bits per heavy atom. The SMILES string of the molecule is c1ccc(-c2nc(-c3ccccc3)nc(-c3ccc(-c4ccc(-n5c6ccccc6c6cc(-c7ccc8oc9cc%10c(cc9c8c7)oc7ccccc7%10)ccc65)cc4)cc3)n2)cc1.c1ccc(-c2nc(-c3ccccc3)nc(-c3cccc(-c4cccc(-n5c6ccccc6c6cc(-c7ccc8oc9cc%10c(cc9c8c7)oc7ccccc7%10)ccc65)c4)c3)n2)cc1. The lowest BCUT2D eigenvalue weighted by molar-refractivity contribution is 0.664. The van der Waals surface area contributed by atoms with Gasteiger partial charge in [0.1, 0.15) is 44.7 Å². The van der Waals surface area contributed by atoms with Gasteiger partial charge in [-0.15, -0.1) is 0 Å². The Bertz CT molecular complexity index is 8720. The van der Waals surface area contributed by atoms with Crippen LogP contribution in [0.4, 0.5) is 0 Å². The van der Waals surface area contributed by atoms with Crippen LogP contribution in [0.15, 0.2) is 430 Å². The minimum atomic E-state index is 0.627. The molecule has 26 rings (SSSR count). The van der Waals surface area contributed by atoms with Crippen molar-refractivity contribution in [1.29, 1.82) is 0 Å². The van der Waals surface area contributed by atoms with Gasteiger partial charge in [-0.05, 0) is 172 Å². The molecule has 0 saturated carbocycles. The summed E-state index contributed by atoms with van der Waals surface area (Å²) in [5.74, 6) is 3.84.